The summed E-state index contributed by atoms with van der Waals surface area (Å²) in [5, 5.41) is 2.88. The maximum atomic E-state index is 12.4. The van der Waals surface area contributed by atoms with Gasteiger partial charge in [0, 0.05) is 12.1 Å². The third-order valence-corrected chi connectivity index (χ3v) is 3.81. The lowest BCUT2D eigenvalue weighted by molar-refractivity contribution is -0.137. The summed E-state index contributed by atoms with van der Waals surface area (Å²) in [7, 11) is 0. The third-order valence-electron chi connectivity index (χ3n) is 3.81. The van der Waals surface area contributed by atoms with Crippen molar-refractivity contribution in [2.24, 2.45) is 5.73 Å². The molecule has 3 N–H and O–H groups in total. The smallest absolute Gasteiger partial charge is 0.352 e. The number of rotatable bonds is 3. The van der Waals surface area contributed by atoms with Gasteiger partial charge < -0.3 is 11.1 Å². The van der Waals surface area contributed by atoms with Gasteiger partial charge in [-0.15, -0.1) is 0 Å². The molecule has 1 aromatic rings. The van der Waals surface area contributed by atoms with E-state index in [2.05, 4.69) is 5.32 Å². The summed E-state index contributed by atoms with van der Waals surface area (Å²) in [5.74, 6) is -0.197. The van der Waals surface area contributed by atoms with Crippen LogP contribution in [0.3, 0.4) is 0 Å². The van der Waals surface area contributed by atoms with Crippen LogP contribution in [0.25, 0.3) is 0 Å². The second-order valence-corrected chi connectivity index (χ2v) is 5.49. The molecule has 0 aliphatic heterocycles. The molecule has 21 heavy (non-hydrogen) atoms. The molecule has 2 atom stereocenters. The Morgan fingerprint density at radius 2 is 1.81 bits per heavy atom. The molecular formula is C15H19F3N2O. The highest BCUT2D eigenvalue weighted by Crippen LogP contribution is 2.29. The van der Waals surface area contributed by atoms with Gasteiger partial charge in [-0.1, -0.05) is 25.0 Å². The average molecular weight is 300 g/mol. The third kappa shape index (κ3) is 4.46. The number of hydrogen-bond acceptors (Lipinski definition) is 2. The van der Waals surface area contributed by atoms with Crippen LogP contribution in [0.5, 0.6) is 0 Å². The molecule has 1 aromatic carbocycles. The zero-order chi connectivity index (χ0) is 15.5. The van der Waals surface area contributed by atoms with Crippen LogP contribution < -0.4 is 11.1 Å². The standard InChI is InChI=1S/C15H19F3N2O/c16-15(17,18)11-7-5-10(6-8-11)9-14(21)20-13-4-2-1-3-12(13)19/h5-8,12-13H,1-4,9,19H2,(H,20,21)/t12-,13-/m1/s1. The molecule has 1 saturated carbocycles. The highest BCUT2D eigenvalue weighted by atomic mass is 19.4. The maximum absolute atomic E-state index is 12.4. The van der Waals surface area contributed by atoms with E-state index < -0.39 is 11.7 Å². The Kier molecular flexibility index (Phi) is 4.88. The molecular weight excluding hydrogens is 281 g/mol. The maximum Gasteiger partial charge on any atom is 0.416 e. The Hall–Kier alpha value is -1.56. The van der Waals surface area contributed by atoms with E-state index in [0.717, 1.165) is 37.8 Å². The predicted molar refractivity (Wildman–Crippen MR) is 73.5 cm³/mol. The van der Waals surface area contributed by atoms with E-state index >= 15 is 0 Å². The van der Waals surface area contributed by atoms with E-state index in [1.54, 1.807) is 0 Å². The summed E-state index contributed by atoms with van der Waals surface area (Å²) in [6, 6.07) is 4.60. The zero-order valence-electron chi connectivity index (χ0n) is 11.6. The van der Waals surface area contributed by atoms with Crippen LogP contribution in [0.2, 0.25) is 0 Å². The molecule has 3 nitrogen and oxygen atoms in total. The molecule has 6 heteroatoms. The minimum Gasteiger partial charge on any atom is -0.352 e. The second-order valence-electron chi connectivity index (χ2n) is 5.49. The number of carbonyl (C=O) groups excluding carboxylic acids is 1. The highest BCUT2D eigenvalue weighted by molar-refractivity contribution is 5.79. The monoisotopic (exact) mass is 300 g/mol. The zero-order valence-corrected chi connectivity index (χ0v) is 11.6. The van der Waals surface area contributed by atoms with Crippen molar-refractivity contribution in [2.75, 3.05) is 0 Å². The molecule has 116 valence electrons. The average Bonchev–Trinajstić information content (AvgIpc) is 2.41. The van der Waals surface area contributed by atoms with Gasteiger partial charge in [0.15, 0.2) is 0 Å². The first-order valence-corrected chi connectivity index (χ1v) is 7.07. The summed E-state index contributed by atoms with van der Waals surface area (Å²) >= 11 is 0. The molecule has 0 unspecified atom stereocenters. The van der Waals surface area contributed by atoms with Crippen LogP contribution >= 0.6 is 0 Å². The highest BCUT2D eigenvalue weighted by Gasteiger charge is 2.30. The Morgan fingerprint density at radius 1 is 1.19 bits per heavy atom. The SMILES string of the molecule is N[C@@H]1CCCC[C@H]1NC(=O)Cc1ccc(C(F)(F)F)cc1. The van der Waals surface area contributed by atoms with Crippen LogP contribution in [-0.2, 0) is 17.4 Å². The molecule has 0 radical (unpaired) electrons. The summed E-state index contributed by atoms with van der Waals surface area (Å²) < 4.78 is 37.3. The number of hydrogen-bond donors (Lipinski definition) is 2. The van der Waals surface area contributed by atoms with E-state index in [1.165, 1.54) is 12.1 Å². The predicted octanol–water partition coefficient (Wildman–Crippen LogP) is 2.63. The molecule has 0 spiro atoms. The van der Waals surface area contributed by atoms with Crippen LogP contribution in [-0.4, -0.2) is 18.0 Å². The Bertz CT molecular complexity index is 485. The minimum atomic E-state index is -4.35. The number of halogens is 3. The minimum absolute atomic E-state index is 0.0271. The largest absolute Gasteiger partial charge is 0.416 e. The molecule has 0 saturated heterocycles. The van der Waals surface area contributed by atoms with Crippen LogP contribution in [0.15, 0.2) is 24.3 Å². The van der Waals surface area contributed by atoms with Crippen molar-refractivity contribution >= 4 is 5.91 Å². The fraction of sp³-hybridized carbons (Fsp3) is 0.533. The van der Waals surface area contributed by atoms with Gasteiger partial charge in [0.05, 0.1) is 12.0 Å². The van der Waals surface area contributed by atoms with E-state index in [9.17, 15) is 18.0 Å². The van der Waals surface area contributed by atoms with E-state index in [1.807, 2.05) is 0 Å². The van der Waals surface area contributed by atoms with Gasteiger partial charge in [-0.3, -0.25) is 4.79 Å². The van der Waals surface area contributed by atoms with Crippen LogP contribution in [0.1, 0.15) is 36.8 Å². The van der Waals surface area contributed by atoms with Crippen molar-refractivity contribution in [1.82, 2.24) is 5.32 Å². The summed E-state index contributed by atoms with van der Waals surface area (Å²) in [6.45, 7) is 0. The van der Waals surface area contributed by atoms with Gasteiger partial charge in [-0.05, 0) is 30.5 Å². The first kappa shape index (κ1) is 15.8. The van der Waals surface area contributed by atoms with Crippen LogP contribution in [0, 0.1) is 0 Å². The molecule has 0 heterocycles. The molecule has 0 bridgehead atoms. The van der Waals surface area contributed by atoms with Crippen molar-refractivity contribution in [3.8, 4) is 0 Å². The van der Waals surface area contributed by atoms with E-state index in [0.29, 0.717) is 5.56 Å². The van der Waals surface area contributed by atoms with Gasteiger partial charge >= 0.3 is 6.18 Å². The topological polar surface area (TPSA) is 55.1 Å². The first-order chi connectivity index (χ1) is 9.86. The van der Waals surface area contributed by atoms with Crippen molar-refractivity contribution in [2.45, 2.75) is 50.4 Å². The number of nitrogens with one attached hydrogen (secondary N) is 1. The quantitative estimate of drug-likeness (QED) is 0.901. The molecule has 1 aliphatic rings. The molecule has 0 aromatic heterocycles. The van der Waals surface area contributed by atoms with Crippen molar-refractivity contribution in [3.05, 3.63) is 35.4 Å². The summed E-state index contributed by atoms with van der Waals surface area (Å²) in [4.78, 5) is 11.9. The Balaban J connectivity index is 1.90. The summed E-state index contributed by atoms with van der Waals surface area (Å²) in [5.41, 5.74) is 5.80. The molecule has 1 fully saturated rings. The second kappa shape index (κ2) is 6.47. The molecule has 1 aliphatic carbocycles. The van der Waals surface area contributed by atoms with Gasteiger partial charge in [0.2, 0.25) is 5.91 Å². The van der Waals surface area contributed by atoms with Crippen molar-refractivity contribution < 1.29 is 18.0 Å². The number of benzene rings is 1. The van der Waals surface area contributed by atoms with Gasteiger partial charge in [0.25, 0.3) is 0 Å². The Labute approximate surface area is 121 Å². The van der Waals surface area contributed by atoms with Gasteiger partial charge in [-0.2, -0.15) is 13.2 Å². The molecule has 2 rings (SSSR count). The number of amides is 1. The van der Waals surface area contributed by atoms with Crippen molar-refractivity contribution in [1.29, 1.82) is 0 Å². The van der Waals surface area contributed by atoms with Gasteiger partial charge in [0.1, 0.15) is 0 Å². The first-order valence-electron chi connectivity index (χ1n) is 7.07. The fourth-order valence-corrected chi connectivity index (χ4v) is 2.59. The normalized spacial score (nSPS) is 22.9. The van der Waals surface area contributed by atoms with Crippen LogP contribution in [0.4, 0.5) is 13.2 Å². The number of nitrogens with two attached hydrogens (primary N) is 1. The summed E-state index contributed by atoms with van der Waals surface area (Å²) in [6.07, 6.45) is -0.409. The number of carbonyl (C=O) groups is 1. The molecule has 1 amide bonds. The lowest BCUT2D eigenvalue weighted by Gasteiger charge is -2.29. The fourth-order valence-electron chi connectivity index (χ4n) is 2.59. The van der Waals surface area contributed by atoms with Gasteiger partial charge in [-0.25, -0.2) is 0 Å². The lowest BCUT2D eigenvalue weighted by atomic mass is 9.91. The van der Waals surface area contributed by atoms with Crippen molar-refractivity contribution in [3.63, 3.8) is 0 Å². The van der Waals surface area contributed by atoms with E-state index in [-0.39, 0.29) is 24.4 Å². The lowest BCUT2D eigenvalue weighted by Crippen LogP contribution is -2.49. The number of alkyl halides is 3. The Morgan fingerprint density at radius 3 is 2.38 bits per heavy atom. The van der Waals surface area contributed by atoms with E-state index in [4.69, 9.17) is 5.73 Å².